The number of nitrogens with zero attached hydrogens (tertiary/aromatic N) is 7. The van der Waals surface area contributed by atoms with Crippen molar-refractivity contribution in [3.05, 3.63) is 82.3 Å². The Morgan fingerprint density at radius 3 is 2.58 bits per heavy atom. The molecule has 302 valence electrons. The first-order chi connectivity index (χ1) is 27.0. The summed E-state index contributed by atoms with van der Waals surface area (Å²) in [6.45, 7) is 4.11. The maximum Gasteiger partial charge on any atom is 0.417 e. The number of piperidine rings is 1. The van der Waals surface area contributed by atoms with Crippen molar-refractivity contribution in [1.82, 2.24) is 29.3 Å². The van der Waals surface area contributed by atoms with Crippen LogP contribution >= 0.6 is 15.9 Å². The second kappa shape index (κ2) is 16.8. The number of carbonyl (C=O) groups is 1. The molecule has 0 saturated carbocycles. The Kier molecular flexibility index (Phi) is 12.3. The molecule has 4 heterocycles. The summed E-state index contributed by atoms with van der Waals surface area (Å²) >= 11 is 3.69. The highest BCUT2D eigenvalue weighted by atomic mass is 79.9. The van der Waals surface area contributed by atoms with Crippen LogP contribution in [0.25, 0.3) is 16.8 Å². The van der Waals surface area contributed by atoms with E-state index in [0.717, 1.165) is 92.1 Å². The number of nitrogens with two attached hydrogens (primary N) is 1. The van der Waals surface area contributed by atoms with Crippen LogP contribution in [-0.2, 0) is 27.9 Å². The van der Waals surface area contributed by atoms with E-state index in [1.807, 2.05) is 13.2 Å². The molecule has 4 N–H and O–H groups in total. The molecule has 0 radical (unpaired) electrons. The fourth-order valence-corrected chi connectivity index (χ4v) is 8.98. The molecule has 2 aromatic carbocycles. The van der Waals surface area contributed by atoms with Gasteiger partial charge in [0.05, 0.1) is 57.0 Å². The smallest absolute Gasteiger partial charge is 0.417 e. The van der Waals surface area contributed by atoms with Gasteiger partial charge in [-0.3, -0.25) is 9.48 Å². The average molecular weight is 873 g/mol. The summed E-state index contributed by atoms with van der Waals surface area (Å²) in [5.74, 6) is -1.13. The number of alkyl halides is 3. The Morgan fingerprint density at radius 1 is 1.14 bits per heavy atom. The summed E-state index contributed by atoms with van der Waals surface area (Å²) in [5.41, 5.74) is 5.11. The van der Waals surface area contributed by atoms with Crippen molar-refractivity contribution in [3.8, 4) is 22.9 Å². The summed E-state index contributed by atoms with van der Waals surface area (Å²) in [7, 11) is -2.36. The van der Waals surface area contributed by atoms with Crippen molar-refractivity contribution in [2.24, 2.45) is 7.05 Å². The minimum atomic E-state index is -4.87. The van der Waals surface area contributed by atoms with E-state index < -0.39 is 44.4 Å². The van der Waals surface area contributed by atoms with Gasteiger partial charge in [-0.05, 0) is 111 Å². The SMILES string of the molecule is Cn1cc(-c2cnn3c(N)c(Br)c([C@@H]4CCCN(CCCCCOc5ccc(S(=O)(=O)C[C@](C)(O)C(=O)Nc6ccc(C#N)c(C(F)(F)F)c6)cc5)C4)nc23)cn1. The van der Waals surface area contributed by atoms with E-state index in [0.29, 0.717) is 29.9 Å². The van der Waals surface area contributed by atoms with Gasteiger partial charge in [0.15, 0.2) is 21.1 Å². The number of aromatic nitrogens is 5. The zero-order valence-electron chi connectivity index (χ0n) is 31.1. The number of likely N-dealkylation sites (tertiary alicyclic amines) is 1. The van der Waals surface area contributed by atoms with Crippen molar-refractivity contribution in [2.45, 2.75) is 61.6 Å². The largest absolute Gasteiger partial charge is 0.494 e. The minimum absolute atomic E-state index is 0.176. The molecular weight excluding hydrogens is 831 g/mol. The number of aryl methyl sites for hydroxylation is 1. The quantitative estimate of drug-likeness (QED) is 0.112. The monoisotopic (exact) mass is 871 g/mol. The van der Waals surface area contributed by atoms with Gasteiger partial charge in [-0.15, -0.1) is 0 Å². The Labute approximate surface area is 335 Å². The number of anilines is 2. The van der Waals surface area contributed by atoms with Crippen LogP contribution in [0.3, 0.4) is 0 Å². The number of sulfone groups is 1. The molecule has 5 aromatic rings. The number of unbranched alkanes of at least 4 members (excludes halogenated alkanes) is 2. The number of benzene rings is 2. The minimum Gasteiger partial charge on any atom is -0.494 e. The number of carbonyl (C=O) groups excluding carboxylic acids is 1. The number of rotatable bonds is 14. The van der Waals surface area contributed by atoms with Crippen LogP contribution in [-0.4, -0.2) is 86.3 Å². The zero-order valence-corrected chi connectivity index (χ0v) is 33.5. The summed E-state index contributed by atoms with van der Waals surface area (Å²) in [5, 5.41) is 30.6. The standard InChI is InChI=1S/C38H41BrF3N9O5S/c1-37(53,36(52)47-27-9-8-24(18-43)31(17-27)38(40,41)42)23-57(54,55)29-12-10-28(11-13-29)56-16-5-3-4-14-50-15-6-7-25(22-50)33-32(39)34(44)51-35(48-33)30(20-46-51)26-19-45-49(2)21-26/h8-13,17,19-21,25,53H,3-7,14-16,22-23,44H2,1-2H3,(H,47,52)/t25-,37+/m1/s1. The number of aliphatic hydroxyl groups is 1. The molecule has 0 unspecified atom stereocenters. The van der Waals surface area contributed by atoms with E-state index >= 15 is 0 Å². The highest BCUT2D eigenvalue weighted by Crippen LogP contribution is 2.37. The Bertz CT molecular complexity index is 2410. The van der Waals surface area contributed by atoms with E-state index in [9.17, 15) is 31.5 Å². The van der Waals surface area contributed by atoms with Gasteiger partial charge in [0.2, 0.25) is 0 Å². The molecule has 1 fully saturated rings. The molecule has 2 atom stereocenters. The molecule has 19 heteroatoms. The van der Waals surface area contributed by atoms with E-state index in [-0.39, 0.29) is 16.5 Å². The molecule has 6 rings (SSSR count). The summed E-state index contributed by atoms with van der Waals surface area (Å²) in [4.78, 5) is 20.1. The van der Waals surface area contributed by atoms with Crippen molar-refractivity contribution in [3.63, 3.8) is 0 Å². The topological polar surface area (TPSA) is 194 Å². The molecule has 0 spiro atoms. The number of amides is 1. The van der Waals surface area contributed by atoms with Crippen molar-refractivity contribution in [1.29, 1.82) is 5.26 Å². The number of halogens is 4. The molecule has 1 aliphatic rings. The molecular formula is C38H41BrF3N9O5S. The second-order valence-electron chi connectivity index (χ2n) is 14.3. The summed E-state index contributed by atoms with van der Waals surface area (Å²) in [6, 6.07) is 9.45. The van der Waals surface area contributed by atoms with Crippen LogP contribution in [0.4, 0.5) is 24.7 Å². The first kappa shape index (κ1) is 41.6. The number of hydrogen-bond donors (Lipinski definition) is 3. The van der Waals surface area contributed by atoms with Crippen LogP contribution in [0.2, 0.25) is 0 Å². The lowest BCUT2D eigenvalue weighted by atomic mass is 9.94. The van der Waals surface area contributed by atoms with Gasteiger partial charge in [0, 0.05) is 42.5 Å². The number of nitriles is 1. The van der Waals surface area contributed by atoms with Crippen LogP contribution < -0.4 is 15.8 Å². The number of fused-ring (bicyclic) bond motifs is 1. The first-order valence-electron chi connectivity index (χ1n) is 18.1. The van der Waals surface area contributed by atoms with Crippen molar-refractivity contribution >= 4 is 48.8 Å². The van der Waals surface area contributed by atoms with Crippen molar-refractivity contribution < 1.29 is 36.2 Å². The second-order valence-corrected chi connectivity index (χ2v) is 17.1. The highest BCUT2D eigenvalue weighted by Gasteiger charge is 2.38. The number of ether oxygens (including phenoxy) is 1. The Hall–Kier alpha value is -5.03. The number of hydrogen-bond acceptors (Lipinski definition) is 11. The van der Waals surface area contributed by atoms with Gasteiger partial charge in [-0.25, -0.2) is 13.4 Å². The number of nitrogen functional groups attached to an aromatic ring is 1. The molecule has 14 nitrogen and oxygen atoms in total. The van der Waals surface area contributed by atoms with Gasteiger partial charge >= 0.3 is 6.18 Å². The van der Waals surface area contributed by atoms with E-state index in [2.05, 4.69) is 36.3 Å². The predicted octanol–water partition coefficient (Wildman–Crippen LogP) is 5.96. The fraction of sp³-hybridized carbons (Fsp3) is 0.395. The molecule has 1 amide bonds. The lowest BCUT2D eigenvalue weighted by Gasteiger charge is -2.33. The first-order valence-corrected chi connectivity index (χ1v) is 20.6. The maximum atomic E-state index is 13.3. The van der Waals surface area contributed by atoms with Gasteiger partial charge < -0.3 is 25.8 Å². The van der Waals surface area contributed by atoms with Crippen LogP contribution in [0, 0.1) is 11.3 Å². The van der Waals surface area contributed by atoms with Gasteiger partial charge in [0.1, 0.15) is 11.6 Å². The third kappa shape index (κ3) is 9.58. The van der Waals surface area contributed by atoms with Crippen LogP contribution in [0.15, 0.2) is 70.4 Å². The molecule has 0 bridgehead atoms. The van der Waals surface area contributed by atoms with Crippen LogP contribution in [0.5, 0.6) is 5.75 Å². The molecule has 57 heavy (non-hydrogen) atoms. The number of nitrogens with one attached hydrogen (secondary N) is 1. The molecule has 1 saturated heterocycles. The third-order valence-electron chi connectivity index (χ3n) is 9.79. The lowest BCUT2D eigenvalue weighted by Crippen LogP contribution is -2.45. The molecule has 1 aliphatic heterocycles. The van der Waals surface area contributed by atoms with Crippen molar-refractivity contribution in [2.75, 3.05) is 43.0 Å². The molecule has 3 aromatic heterocycles. The fourth-order valence-electron chi connectivity index (χ4n) is 6.82. The van der Waals surface area contributed by atoms with Crippen LogP contribution in [0.1, 0.15) is 61.8 Å². The van der Waals surface area contributed by atoms with E-state index in [1.54, 1.807) is 21.6 Å². The third-order valence-corrected chi connectivity index (χ3v) is 12.5. The lowest BCUT2D eigenvalue weighted by molar-refractivity contribution is -0.137. The Morgan fingerprint density at radius 2 is 1.89 bits per heavy atom. The Balaban J connectivity index is 0.959. The maximum absolute atomic E-state index is 13.3. The summed E-state index contributed by atoms with van der Waals surface area (Å²) in [6.07, 6.45) is 5.25. The van der Waals surface area contributed by atoms with E-state index in [1.165, 1.54) is 30.3 Å². The van der Waals surface area contributed by atoms with E-state index in [4.69, 9.17) is 20.7 Å². The van der Waals surface area contributed by atoms with Gasteiger partial charge in [-0.1, -0.05) is 0 Å². The van der Waals surface area contributed by atoms with Gasteiger partial charge in [0.25, 0.3) is 5.91 Å². The normalized spacial score (nSPS) is 16.3. The highest BCUT2D eigenvalue weighted by molar-refractivity contribution is 9.10. The van der Waals surface area contributed by atoms with Gasteiger partial charge in [-0.2, -0.15) is 33.1 Å². The average Bonchev–Trinajstić information content (AvgIpc) is 3.80. The summed E-state index contributed by atoms with van der Waals surface area (Å²) < 4.78 is 76.2. The zero-order chi connectivity index (χ0) is 41.1. The molecule has 0 aliphatic carbocycles. The predicted molar refractivity (Wildman–Crippen MR) is 209 cm³/mol.